The summed E-state index contributed by atoms with van der Waals surface area (Å²) < 4.78 is 5.85. The van der Waals surface area contributed by atoms with Gasteiger partial charge in [-0.25, -0.2) is 4.98 Å². The zero-order valence-corrected chi connectivity index (χ0v) is 13.5. The van der Waals surface area contributed by atoms with E-state index in [2.05, 4.69) is 36.8 Å². The van der Waals surface area contributed by atoms with Crippen molar-refractivity contribution in [2.45, 2.75) is 3.74 Å². The van der Waals surface area contributed by atoms with Crippen LogP contribution >= 0.6 is 43.5 Å². The lowest BCUT2D eigenvalue weighted by molar-refractivity contribution is 0.620. The second kappa shape index (κ2) is 5.27. The molecule has 0 radical (unpaired) electrons. The van der Waals surface area contributed by atoms with E-state index in [-0.39, 0.29) is 3.74 Å². The Morgan fingerprint density at radius 2 is 1.89 bits per heavy atom. The maximum atomic E-state index is 6.15. The minimum atomic E-state index is 0.102. The second-order valence-electron chi connectivity index (χ2n) is 4.03. The number of rotatable bonds is 2. The van der Waals surface area contributed by atoms with Crippen molar-refractivity contribution in [1.29, 1.82) is 0 Å². The van der Waals surface area contributed by atoms with Crippen LogP contribution < -0.4 is 0 Å². The van der Waals surface area contributed by atoms with Gasteiger partial charge in [0, 0.05) is 0 Å². The van der Waals surface area contributed by atoms with Crippen LogP contribution in [0, 0.1) is 0 Å². The van der Waals surface area contributed by atoms with Crippen LogP contribution in [-0.2, 0) is 0 Å². The summed E-state index contributed by atoms with van der Waals surface area (Å²) in [6.45, 7) is 0. The van der Waals surface area contributed by atoms with E-state index in [0.717, 1.165) is 22.2 Å². The number of hydrogen-bond donors (Lipinski definition) is 0. The molecule has 0 saturated carbocycles. The van der Waals surface area contributed by atoms with Crippen molar-refractivity contribution in [1.82, 2.24) is 4.98 Å². The van der Waals surface area contributed by atoms with Gasteiger partial charge in [0.15, 0.2) is 5.58 Å². The van der Waals surface area contributed by atoms with Crippen LogP contribution in [0.25, 0.3) is 22.6 Å². The van der Waals surface area contributed by atoms with Gasteiger partial charge in [-0.2, -0.15) is 0 Å². The Balaban J connectivity index is 2.14. The van der Waals surface area contributed by atoms with Gasteiger partial charge in [0.2, 0.25) is 5.89 Å². The maximum Gasteiger partial charge on any atom is 0.228 e. The van der Waals surface area contributed by atoms with Gasteiger partial charge in [-0.1, -0.05) is 61.7 Å². The van der Waals surface area contributed by atoms with Crippen molar-refractivity contribution < 1.29 is 4.42 Å². The summed E-state index contributed by atoms with van der Waals surface area (Å²) in [4.78, 5) is 4.49. The zero-order chi connectivity index (χ0) is 13.4. The van der Waals surface area contributed by atoms with Crippen molar-refractivity contribution in [3.8, 4) is 11.5 Å². The summed E-state index contributed by atoms with van der Waals surface area (Å²) >= 11 is 13.1. The first kappa shape index (κ1) is 13.2. The quantitative estimate of drug-likeness (QED) is 0.497. The Morgan fingerprint density at radius 1 is 1.11 bits per heavy atom. The molecule has 2 nitrogen and oxygen atoms in total. The van der Waals surface area contributed by atoms with Gasteiger partial charge in [-0.15, -0.1) is 0 Å². The molecule has 0 amide bonds. The van der Waals surface area contributed by atoms with E-state index in [1.165, 1.54) is 0 Å². The van der Waals surface area contributed by atoms with Crippen molar-refractivity contribution in [2.24, 2.45) is 0 Å². The number of oxazole rings is 1. The molecule has 2 aromatic carbocycles. The van der Waals surface area contributed by atoms with Gasteiger partial charge < -0.3 is 4.42 Å². The number of benzene rings is 2. The molecule has 3 rings (SSSR count). The van der Waals surface area contributed by atoms with E-state index < -0.39 is 0 Å². The average molecular weight is 401 g/mol. The predicted molar refractivity (Wildman–Crippen MR) is 85.1 cm³/mol. The minimum Gasteiger partial charge on any atom is -0.436 e. The normalized spacial score (nSPS) is 11.4. The van der Waals surface area contributed by atoms with E-state index in [1.54, 1.807) is 0 Å². The predicted octanol–water partition coefficient (Wildman–Crippen LogP) is 5.94. The zero-order valence-electron chi connectivity index (χ0n) is 9.61. The van der Waals surface area contributed by atoms with Crippen molar-refractivity contribution in [3.63, 3.8) is 0 Å². The lowest BCUT2D eigenvalue weighted by Gasteiger charge is -1.99. The van der Waals surface area contributed by atoms with Crippen molar-refractivity contribution in [3.05, 3.63) is 53.1 Å². The number of aromatic nitrogens is 1. The fourth-order valence-corrected chi connectivity index (χ4v) is 2.62. The summed E-state index contributed by atoms with van der Waals surface area (Å²) in [5, 5.41) is 0.633. The molecule has 96 valence electrons. The van der Waals surface area contributed by atoms with Crippen molar-refractivity contribution >= 4 is 54.6 Å². The van der Waals surface area contributed by atoms with Crippen LogP contribution in [0.15, 0.2) is 46.9 Å². The molecule has 19 heavy (non-hydrogen) atoms. The Bertz CT molecular complexity index is 739. The van der Waals surface area contributed by atoms with Gasteiger partial charge in [-0.05, 0) is 29.8 Å². The Labute approximate surface area is 132 Å². The molecule has 0 unspecified atom stereocenters. The minimum absolute atomic E-state index is 0.102. The van der Waals surface area contributed by atoms with Crippen LogP contribution in [0.5, 0.6) is 0 Å². The molecule has 3 aromatic rings. The fraction of sp³-hybridized carbons (Fsp3) is 0.0714. The van der Waals surface area contributed by atoms with Crippen LogP contribution in [0.4, 0.5) is 0 Å². The highest BCUT2D eigenvalue weighted by atomic mass is 79.9. The molecule has 0 aliphatic rings. The Hall–Kier alpha value is -0.840. The molecule has 0 bridgehead atoms. The van der Waals surface area contributed by atoms with Crippen molar-refractivity contribution in [2.75, 3.05) is 0 Å². The van der Waals surface area contributed by atoms with E-state index in [9.17, 15) is 0 Å². The number of nitrogens with zero attached hydrogens (tertiary/aromatic N) is 1. The molecule has 0 aliphatic heterocycles. The first-order valence-corrected chi connectivity index (χ1v) is 7.79. The smallest absolute Gasteiger partial charge is 0.228 e. The number of halogens is 3. The largest absolute Gasteiger partial charge is 0.436 e. The second-order valence-corrected chi connectivity index (χ2v) is 7.49. The molecular weight excluding hydrogens is 393 g/mol. The van der Waals surface area contributed by atoms with Crippen LogP contribution in [0.1, 0.15) is 9.30 Å². The lowest BCUT2D eigenvalue weighted by Crippen LogP contribution is -1.80. The molecule has 0 aliphatic carbocycles. The molecular formula is C14H8Br2ClNO. The summed E-state index contributed by atoms with van der Waals surface area (Å²) in [5.74, 6) is 0.540. The molecule has 1 aromatic heterocycles. The summed E-state index contributed by atoms with van der Waals surface area (Å²) in [7, 11) is 0. The number of alkyl halides is 2. The third kappa shape index (κ3) is 2.57. The number of fused-ring (bicyclic) bond motifs is 1. The summed E-state index contributed by atoms with van der Waals surface area (Å²) in [5.41, 5.74) is 3.46. The maximum absolute atomic E-state index is 6.15. The van der Waals surface area contributed by atoms with E-state index >= 15 is 0 Å². The molecule has 0 saturated heterocycles. The highest BCUT2D eigenvalue weighted by Gasteiger charge is 2.12. The van der Waals surface area contributed by atoms with Crippen LogP contribution in [0.3, 0.4) is 0 Å². The Morgan fingerprint density at radius 3 is 2.63 bits per heavy atom. The van der Waals surface area contributed by atoms with Gasteiger partial charge in [-0.3, -0.25) is 0 Å². The van der Waals surface area contributed by atoms with Crippen LogP contribution in [0.2, 0.25) is 5.02 Å². The van der Waals surface area contributed by atoms with Crippen LogP contribution in [-0.4, -0.2) is 4.98 Å². The average Bonchev–Trinajstić information content (AvgIpc) is 2.81. The van der Waals surface area contributed by atoms with E-state index in [0.29, 0.717) is 10.9 Å². The molecule has 0 N–H and O–H groups in total. The summed E-state index contributed by atoms with van der Waals surface area (Å²) in [6, 6.07) is 13.4. The van der Waals surface area contributed by atoms with Gasteiger partial charge in [0.05, 0.1) is 14.3 Å². The van der Waals surface area contributed by atoms with E-state index in [4.69, 9.17) is 16.0 Å². The van der Waals surface area contributed by atoms with Gasteiger partial charge in [0.25, 0.3) is 0 Å². The SMILES string of the molecule is Clc1ccccc1-c1nc2cc(C(Br)Br)ccc2o1. The molecule has 0 atom stereocenters. The molecule has 0 fully saturated rings. The summed E-state index contributed by atoms with van der Waals surface area (Å²) in [6.07, 6.45) is 0. The topological polar surface area (TPSA) is 26.0 Å². The van der Waals surface area contributed by atoms with Gasteiger partial charge >= 0.3 is 0 Å². The Kier molecular flexibility index (Phi) is 3.65. The third-order valence-electron chi connectivity index (χ3n) is 2.77. The standard InChI is InChI=1S/C14H8Br2ClNO/c15-13(16)8-5-6-12-11(7-8)18-14(19-12)9-3-1-2-4-10(9)17/h1-7,13H. The first-order valence-electron chi connectivity index (χ1n) is 5.58. The molecule has 5 heteroatoms. The van der Waals surface area contributed by atoms with Gasteiger partial charge in [0.1, 0.15) is 5.52 Å². The van der Waals surface area contributed by atoms with E-state index in [1.807, 2.05) is 42.5 Å². The molecule has 1 heterocycles. The third-order valence-corrected chi connectivity index (χ3v) is 4.15. The highest BCUT2D eigenvalue weighted by Crippen LogP contribution is 2.33. The number of hydrogen-bond acceptors (Lipinski definition) is 2. The fourth-order valence-electron chi connectivity index (χ4n) is 1.83. The highest BCUT2D eigenvalue weighted by molar-refractivity contribution is 9.24. The lowest BCUT2D eigenvalue weighted by atomic mass is 10.2. The molecule has 0 spiro atoms. The first-order chi connectivity index (χ1) is 9.15. The monoisotopic (exact) mass is 399 g/mol.